The third-order valence-electron chi connectivity index (χ3n) is 2.85. The Labute approximate surface area is 107 Å². The summed E-state index contributed by atoms with van der Waals surface area (Å²) in [6, 6.07) is 8.38. The van der Waals surface area contributed by atoms with Gasteiger partial charge in [0.05, 0.1) is 6.54 Å². The van der Waals surface area contributed by atoms with Crippen molar-refractivity contribution in [2.24, 2.45) is 7.05 Å². The highest BCUT2D eigenvalue weighted by atomic mass is 79.9. The number of aryl methyl sites for hydroxylation is 1. The van der Waals surface area contributed by atoms with Gasteiger partial charge in [-0.2, -0.15) is 5.10 Å². The van der Waals surface area contributed by atoms with Gasteiger partial charge in [-0.25, -0.2) is 4.98 Å². The van der Waals surface area contributed by atoms with E-state index in [1.54, 1.807) is 11.0 Å². The zero-order chi connectivity index (χ0) is 11.8. The SMILES string of the molecule is Cn1ncnc1Cn1ccc2cc(Br)ccc21. The van der Waals surface area contributed by atoms with Crippen molar-refractivity contribution in [1.29, 1.82) is 0 Å². The number of rotatable bonds is 2. The molecule has 0 atom stereocenters. The molecule has 0 spiro atoms. The molecule has 5 heteroatoms. The van der Waals surface area contributed by atoms with Crippen LogP contribution in [0.5, 0.6) is 0 Å². The summed E-state index contributed by atoms with van der Waals surface area (Å²) in [5, 5.41) is 5.30. The minimum Gasteiger partial charge on any atom is -0.340 e. The fourth-order valence-electron chi connectivity index (χ4n) is 1.92. The predicted octanol–water partition coefficient (Wildman–Crippen LogP) is 2.58. The number of halogens is 1. The van der Waals surface area contributed by atoms with Gasteiger partial charge in [-0.1, -0.05) is 15.9 Å². The Hall–Kier alpha value is -1.62. The first-order valence-corrected chi connectivity index (χ1v) is 6.10. The molecule has 0 saturated heterocycles. The molecule has 0 aliphatic heterocycles. The molecular weight excluding hydrogens is 280 g/mol. The van der Waals surface area contributed by atoms with Crippen LogP contribution in [0.15, 0.2) is 41.3 Å². The summed E-state index contributed by atoms with van der Waals surface area (Å²) in [6.07, 6.45) is 3.66. The topological polar surface area (TPSA) is 35.6 Å². The van der Waals surface area contributed by atoms with Crippen molar-refractivity contribution in [3.8, 4) is 0 Å². The van der Waals surface area contributed by atoms with Crippen molar-refractivity contribution < 1.29 is 0 Å². The van der Waals surface area contributed by atoms with Crippen LogP contribution in [-0.2, 0) is 13.6 Å². The average Bonchev–Trinajstić information content (AvgIpc) is 2.87. The van der Waals surface area contributed by atoms with Crippen molar-refractivity contribution >= 4 is 26.8 Å². The molecule has 17 heavy (non-hydrogen) atoms. The normalized spacial score (nSPS) is 11.2. The number of benzene rings is 1. The summed E-state index contributed by atoms with van der Waals surface area (Å²) < 4.78 is 5.07. The Balaban J connectivity index is 2.04. The molecule has 2 heterocycles. The summed E-state index contributed by atoms with van der Waals surface area (Å²) in [5.41, 5.74) is 1.20. The van der Waals surface area contributed by atoms with Crippen LogP contribution < -0.4 is 0 Å². The van der Waals surface area contributed by atoms with Gasteiger partial charge >= 0.3 is 0 Å². The highest BCUT2D eigenvalue weighted by molar-refractivity contribution is 9.10. The Morgan fingerprint density at radius 2 is 2.18 bits per heavy atom. The van der Waals surface area contributed by atoms with Gasteiger partial charge in [0.15, 0.2) is 0 Å². The number of nitrogens with zero attached hydrogens (tertiary/aromatic N) is 4. The van der Waals surface area contributed by atoms with Crippen LogP contribution in [0.4, 0.5) is 0 Å². The zero-order valence-electron chi connectivity index (χ0n) is 9.34. The van der Waals surface area contributed by atoms with Crippen molar-refractivity contribution in [1.82, 2.24) is 19.3 Å². The Morgan fingerprint density at radius 1 is 1.29 bits per heavy atom. The lowest BCUT2D eigenvalue weighted by Gasteiger charge is -2.04. The van der Waals surface area contributed by atoms with Crippen LogP contribution in [0.2, 0.25) is 0 Å². The molecule has 1 aromatic carbocycles. The molecule has 0 bridgehead atoms. The van der Waals surface area contributed by atoms with Crippen molar-refractivity contribution in [3.63, 3.8) is 0 Å². The second kappa shape index (κ2) is 4.00. The van der Waals surface area contributed by atoms with Crippen LogP contribution in [0.3, 0.4) is 0 Å². The minimum absolute atomic E-state index is 0.738. The quantitative estimate of drug-likeness (QED) is 0.727. The van der Waals surface area contributed by atoms with E-state index in [0.717, 1.165) is 16.8 Å². The molecular formula is C12H11BrN4. The lowest BCUT2D eigenvalue weighted by atomic mass is 10.2. The molecule has 86 valence electrons. The molecule has 4 nitrogen and oxygen atoms in total. The molecule has 3 aromatic rings. The van der Waals surface area contributed by atoms with Crippen LogP contribution in [-0.4, -0.2) is 19.3 Å². The van der Waals surface area contributed by atoms with Crippen LogP contribution in [0, 0.1) is 0 Å². The van der Waals surface area contributed by atoms with Gasteiger partial charge in [-0.15, -0.1) is 0 Å². The average molecular weight is 291 g/mol. The van der Waals surface area contributed by atoms with Gasteiger partial charge < -0.3 is 4.57 Å². The summed E-state index contributed by atoms with van der Waals surface area (Å²) >= 11 is 3.48. The standard InChI is InChI=1S/C12H11BrN4/c1-16-12(14-8-15-16)7-17-5-4-9-6-10(13)2-3-11(9)17/h2-6,8H,7H2,1H3. The maximum Gasteiger partial charge on any atom is 0.146 e. The van der Waals surface area contributed by atoms with E-state index in [9.17, 15) is 0 Å². The minimum atomic E-state index is 0.738. The highest BCUT2D eigenvalue weighted by Crippen LogP contribution is 2.21. The van der Waals surface area contributed by atoms with Crippen LogP contribution in [0.1, 0.15) is 5.82 Å². The molecule has 0 fully saturated rings. The van der Waals surface area contributed by atoms with Crippen LogP contribution in [0.25, 0.3) is 10.9 Å². The fraction of sp³-hybridized carbons (Fsp3) is 0.167. The van der Waals surface area contributed by atoms with Crippen molar-refractivity contribution in [2.45, 2.75) is 6.54 Å². The predicted molar refractivity (Wildman–Crippen MR) is 69.7 cm³/mol. The Morgan fingerprint density at radius 3 is 2.94 bits per heavy atom. The van der Waals surface area contributed by atoms with Gasteiger partial charge in [0.1, 0.15) is 12.2 Å². The number of hydrogen-bond acceptors (Lipinski definition) is 2. The first-order chi connectivity index (χ1) is 8.24. The molecule has 0 amide bonds. The lowest BCUT2D eigenvalue weighted by Crippen LogP contribution is -2.05. The van der Waals surface area contributed by atoms with E-state index < -0.39 is 0 Å². The zero-order valence-corrected chi connectivity index (χ0v) is 10.9. The first-order valence-electron chi connectivity index (χ1n) is 5.31. The van der Waals surface area contributed by atoms with Gasteiger partial charge in [-0.05, 0) is 24.3 Å². The summed E-state index contributed by atoms with van der Waals surface area (Å²) in [7, 11) is 1.91. The number of hydrogen-bond donors (Lipinski definition) is 0. The van der Waals surface area contributed by atoms with E-state index in [4.69, 9.17) is 0 Å². The van der Waals surface area contributed by atoms with E-state index >= 15 is 0 Å². The maximum absolute atomic E-state index is 4.24. The smallest absolute Gasteiger partial charge is 0.146 e. The third kappa shape index (κ3) is 1.86. The van der Waals surface area contributed by atoms with Gasteiger partial charge in [-0.3, -0.25) is 4.68 Å². The lowest BCUT2D eigenvalue weighted by molar-refractivity contribution is 0.664. The number of aromatic nitrogens is 4. The molecule has 2 aromatic heterocycles. The summed E-state index contributed by atoms with van der Waals surface area (Å²) in [6.45, 7) is 0.738. The van der Waals surface area contributed by atoms with Gasteiger partial charge in [0, 0.05) is 28.6 Å². The second-order valence-corrected chi connectivity index (χ2v) is 4.86. The van der Waals surface area contributed by atoms with Crippen molar-refractivity contribution in [3.05, 3.63) is 47.1 Å². The molecule has 0 radical (unpaired) electrons. The van der Waals surface area contributed by atoms with E-state index in [1.165, 1.54) is 10.9 Å². The highest BCUT2D eigenvalue weighted by Gasteiger charge is 2.05. The first kappa shape index (κ1) is 10.5. The Kier molecular flexibility index (Phi) is 2.48. The van der Waals surface area contributed by atoms with Gasteiger partial charge in [0.25, 0.3) is 0 Å². The summed E-state index contributed by atoms with van der Waals surface area (Å²) in [5.74, 6) is 0.949. The van der Waals surface area contributed by atoms with Gasteiger partial charge in [0.2, 0.25) is 0 Å². The molecule has 0 aliphatic carbocycles. The summed E-state index contributed by atoms with van der Waals surface area (Å²) in [4.78, 5) is 4.24. The molecule has 0 saturated carbocycles. The maximum atomic E-state index is 4.24. The fourth-order valence-corrected chi connectivity index (χ4v) is 2.30. The molecule has 0 unspecified atom stereocenters. The Bertz CT molecular complexity index is 668. The monoisotopic (exact) mass is 290 g/mol. The largest absolute Gasteiger partial charge is 0.340 e. The van der Waals surface area contributed by atoms with Crippen LogP contribution >= 0.6 is 15.9 Å². The third-order valence-corrected chi connectivity index (χ3v) is 3.34. The molecule has 0 aliphatic rings. The molecule has 3 rings (SSSR count). The van der Waals surface area contributed by atoms with E-state index in [0.29, 0.717) is 0 Å². The van der Waals surface area contributed by atoms with Crippen molar-refractivity contribution in [2.75, 3.05) is 0 Å². The number of fused-ring (bicyclic) bond motifs is 1. The van der Waals surface area contributed by atoms with E-state index in [2.05, 4.69) is 61.0 Å². The second-order valence-electron chi connectivity index (χ2n) is 3.95. The van der Waals surface area contributed by atoms with E-state index in [-0.39, 0.29) is 0 Å². The van der Waals surface area contributed by atoms with E-state index in [1.807, 2.05) is 7.05 Å². The molecule has 0 N–H and O–H groups in total.